The summed E-state index contributed by atoms with van der Waals surface area (Å²) in [6.07, 6.45) is -1.75. The molecule has 33 heavy (non-hydrogen) atoms. The van der Waals surface area contributed by atoms with Gasteiger partial charge in [0.15, 0.2) is 6.61 Å². The molecule has 1 unspecified atom stereocenters. The van der Waals surface area contributed by atoms with Crippen LogP contribution in [-0.2, 0) is 23.0 Å². The highest BCUT2D eigenvalue weighted by atomic mass is 35.5. The lowest BCUT2D eigenvalue weighted by Gasteiger charge is -2.26. The fraction of sp³-hybridized carbons (Fsp3) is 0.391. The van der Waals surface area contributed by atoms with E-state index in [0.29, 0.717) is 24.1 Å². The van der Waals surface area contributed by atoms with Crippen molar-refractivity contribution in [1.82, 2.24) is 14.9 Å². The van der Waals surface area contributed by atoms with Gasteiger partial charge in [-0.05, 0) is 43.5 Å². The van der Waals surface area contributed by atoms with Crippen LogP contribution in [0.3, 0.4) is 0 Å². The number of hydrogen-bond donors (Lipinski definition) is 2. The van der Waals surface area contributed by atoms with Gasteiger partial charge in [0, 0.05) is 35.2 Å². The molecule has 1 amide bonds. The van der Waals surface area contributed by atoms with E-state index in [1.165, 1.54) is 12.1 Å². The summed E-state index contributed by atoms with van der Waals surface area (Å²) in [5.41, 5.74) is -0.410. The first-order valence-electron chi connectivity index (χ1n) is 10.3. The number of halogens is 4. The lowest BCUT2D eigenvalue weighted by molar-refractivity contribution is -0.154. The fourth-order valence-electron chi connectivity index (χ4n) is 4.01. The summed E-state index contributed by atoms with van der Waals surface area (Å²) >= 11 is 6.06. The second-order valence-electron chi connectivity index (χ2n) is 8.66. The first-order chi connectivity index (χ1) is 15.4. The predicted molar refractivity (Wildman–Crippen MR) is 117 cm³/mol. The van der Waals surface area contributed by atoms with E-state index in [1.54, 1.807) is 13.0 Å². The van der Waals surface area contributed by atoms with E-state index in [4.69, 9.17) is 16.3 Å². The molecule has 1 aliphatic rings. The van der Waals surface area contributed by atoms with Crippen molar-refractivity contribution in [3.05, 3.63) is 58.9 Å². The molecule has 1 atom stereocenters. The first-order valence-corrected chi connectivity index (χ1v) is 10.7. The molecule has 1 saturated carbocycles. The third-order valence-corrected chi connectivity index (χ3v) is 6.00. The fourth-order valence-corrected chi connectivity index (χ4v) is 4.21. The highest BCUT2D eigenvalue weighted by Crippen LogP contribution is 2.46. The molecule has 0 aliphatic heterocycles. The van der Waals surface area contributed by atoms with Gasteiger partial charge in [-0.2, -0.15) is 13.2 Å². The number of rotatable bonds is 7. The topological polar surface area (TPSA) is 76.4 Å². The predicted octanol–water partition coefficient (Wildman–Crippen LogP) is 4.57. The summed E-state index contributed by atoms with van der Waals surface area (Å²) < 4.78 is 44.1. The van der Waals surface area contributed by atoms with E-state index in [-0.39, 0.29) is 17.3 Å². The van der Waals surface area contributed by atoms with Gasteiger partial charge in [-0.25, -0.2) is 4.98 Å². The summed E-state index contributed by atoms with van der Waals surface area (Å²) in [5.74, 6) is -0.678. The van der Waals surface area contributed by atoms with Crippen molar-refractivity contribution in [2.45, 2.75) is 43.5 Å². The highest BCUT2D eigenvalue weighted by Gasteiger charge is 2.48. The number of aromatic nitrogens is 2. The number of alkyl halides is 3. The van der Waals surface area contributed by atoms with E-state index >= 15 is 0 Å². The van der Waals surface area contributed by atoms with Gasteiger partial charge < -0.3 is 19.7 Å². The molecule has 2 heterocycles. The summed E-state index contributed by atoms with van der Waals surface area (Å²) in [7, 11) is 1.90. The molecule has 1 fully saturated rings. The number of carbonyl (C=O) groups excluding carboxylic acids is 1. The number of aliphatic hydroxyl groups is 1. The lowest BCUT2D eigenvalue weighted by Crippen LogP contribution is -2.39. The number of nitrogens with zero attached hydrogens (tertiary/aromatic N) is 2. The molecule has 0 spiro atoms. The van der Waals surface area contributed by atoms with Gasteiger partial charge in [0.2, 0.25) is 11.8 Å². The van der Waals surface area contributed by atoms with Gasteiger partial charge in [0.1, 0.15) is 0 Å². The van der Waals surface area contributed by atoms with Crippen molar-refractivity contribution in [2.75, 3.05) is 6.61 Å². The zero-order chi connectivity index (χ0) is 24.0. The molecule has 2 aromatic heterocycles. The molecule has 2 N–H and O–H groups in total. The van der Waals surface area contributed by atoms with E-state index in [0.717, 1.165) is 10.9 Å². The minimum atomic E-state index is -4.51. The normalized spacial score (nSPS) is 16.9. The first kappa shape index (κ1) is 23.4. The summed E-state index contributed by atoms with van der Waals surface area (Å²) in [6.45, 7) is 0.0850. The molecule has 0 saturated heterocycles. The highest BCUT2D eigenvalue weighted by molar-refractivity contribution is 6.30. The monoisotopic (exact) mass is 481 g/mol. The Morgan fingerprint density at radius 2 is 2.03 bits per heavy atom. The Balaban J connectivity index is 1.51. The van der Waals surface area contributed by atoms with Crippen LogP contribution in [0, 0.1) is 0 Å². The van der Waals surface area contributed by atoms with Gasteiger partial charge in [0.25, 0.3) is 0 Å². The molecule has 1 aliphatic carbocycles. The van der Waals surface area contributed by atoms with Crippen molar-refractivity contribution >= 4 is 28.4 Å². The Hall–Kier alpha value is -2.78. The van der Waals surface area contributed by atoms with Crippen LogP contribution in [0.5, 0.6) is 5.88 Å². The third kappa shape index (κ3) is 5.09. The second-order valence-corrected chi connectivity index (χ2v) is 9.10. The van der Waals surface area contributed by atoms with Crippen molar-refractivity contribution in [3.63, 3.8) is 0 Å². The van der Waals surface area contributed by atoms with Crippen LogP contribution >= 0.6 is 11.6 Å². The molecule has 0 bridgehead atoms. The average molecular weight is 482 g/mol. The maximum Gasteiger partial charge on any atom is 0.422 e. The molecule has 176 valence electrons. The van der Waals surface area contributed by atoms with Crippen LogP contribution in [0.4, 0.5) is 13.2 Å². The average Bonchev–Trinajstić information content (AvgIpc) is 3.39. The summed E-state index contributed by atoms with van der Waals surface area (Å²) in [4.78, 5) is 17.0. The Morgan fingerprint density at radius 1 is 1.30 bits per heavy atom. The Labute approximate surface area is 193 Å². The van der Waals surface area contributed by atoms with Crippen molar-refractivity contribution in [2.24, 2.45) is 7.05 Å². The smallest absolute Gasteiger partial charge is 0.422 e. The number of hydrogen-bond acceptors (Lipinski definition) is 4. The van der Waals surface area contributed by atoms with Crippen LogP contribution in [0.25, 0.3) is 10.9 Å². The zero-order valence-corrected chi connectivity index (χ0v) is 18.8. The number of benzene rings is 1. The van der Waals surface area contributed by atoms with E-state index in [1.807, 2.05) is 36.0 Å². The van der Waals surface area contributed by atoms with Crippen LogP contribution in [-0.4, -0.2) is 33.3 Å². The molecule has 6 nitrogen and oxygen atoms in total. The van der Waals surface area contributed by atoms with Gasteiger partial charge >= 0.3 is 6.18 Å². The number of carbonyl (C=O) groups is 1. The number of pyridine rings is 1. The SMILES string of the molecule is Cn1ccc2c(C(C)(O)CC(=O)NC3(c4cc(Cl)cc(OCC(F)(F)F)n4)CC3)cccc21. The molecule has 0 radical (unpaired) electrons. The van der Waals surface area contributed by atoms with Crippen LogP contribution in [0.2, 0.25) is 5.02 Å². The van der Waals surface area contributed by atoms with Crippen molar-refractivity contribution in [1.29, 1.82) is 0 Å². The molecular formula is C23H23ClF3N3O3. The molecule has 3 aromatic rings. The quantitative estimate of drug-likeness (QED) is 0.518. The number of aryl methyl sites for hydroxylation is 1. The third-order valence-electron chi connectivity index (χ3n) is 5.78. The largest absolute Gasteiger partial charge is 0.468 e. The van der Waals surface area contributed by atoms with Gasteiger partial charge in [-0.1, -0.05) is 23.7 Å². The zero-order valence-electron chi connectivity index (χ0n) is 18.0. The maximum absolute atomic E-state index is 12.9. The van der Waals surface area contributed by atoms with Crippen LogP contribution in [0.1, 0.15) is 37.4 Å². The van der Waals surface area contributed by atoms with Crippen molar-refractivity contribution < 1.29 is 27.8 Å². The van der Waals surface area contributed by atoms with Gasteiger partial charge in [-0.3, -0.25) is 4.79 Å². The van der Waals surface area contributed by atoms with E-state index in [2.05, 4.69) is 10.3 Å². The van der Waals surface area contributed by atoms with E-state index in [9.17, 15) is 23.1 Å². The number of nitrogens with one attached hydrogen (secondary N) is 1. The minimum absolute atomic E-state index is 0.153. The Bertz CT molecular complexity index is 1200. The van der Waals surface area contributed by atoms with E-state index < -0.39 is 29.8 Å². The van der Waals surface area contributed by atoms with Crippen molar-refractivity contribution in [3.8, 4) is 5.88 Å². The van der Waals surface area contributed by atoms with Crippen LogP contribution in [0.15, 0.2) is 42.6 Å². The minimum Gasteiger partial charge on any atom is -0.468 e. The molecule has 4 rings (SSSR count). The number of amides is 1. The maximum atomic E-state index is 12.9. The summed E-state index contributed by atoms with van der Waals surface area (Å²) in [6, 6.07) is 10.1. The summed E-state index contributed by atoms with van der Waals surface area (Å²) in [5, 5.41) is 15.0. The lowest BCUT2D eigenvalue weighted by atomic mass is 9.89. The Morgan fingerprint density at radius 3 is 2.70 bits per heavy atom. The molecule has 10 heteroatoms. The number of fused-ring (bicyclic) bond motifs is 1. The Kier molecular flexibility index (Phi) is 5.82. The van der Waals surface area contributed by atoms with Gasteiger partial charge in [0.05, 0.1) is 23.3 Å². The van der Waals surface area contributed by atoms with Crippen LogP contribution < -0.4 is 10.1 Å². The second kappa shape index (κ2) is 8.22. The molecular weight excluding hydrogens is 459 g/mol. The number of ether oxygens (including phenoxy) is 1. The van der Waals surface area contributed by atoms with Gasteiger partial charge in [-0.15, -0.1) is 0 Å². The molecule has 1 aromatic carbocycles. The standard InChI is InChI=1S/C23H23ClF3N3O3/c1-21(32,16-4-3-5-17-15(16)6-9-30(17)2)12-19(31)29-22(7-8-22)18-10-14(24)11-20(28-18)33-13-23(25,26)27/h3-6,9-11,32H,7-8,12-13H2,1-2H3,(H,29,31).